The van der Waals surface area contributed by atoms with Gasteiger partial charge in [-0.25, -0.2) is 0 Å². The maximum absolute atomic E-state index is 12.5. The van der Waals surface area contributed by atoms with Crippen LogP contribution in [0.25, 0.3) is 0 Å². The highest BCUT2D eigenvalue weighted by Gasteiger charge is 2.33. The monoisotopic (exact) mass is 415 g/mol. The van der Waals surface area contributed by atoms with Gasteiger partial charge in [0, 0.05) is 27.6 Å². The molecule has 8 heteroatoms. The molecule has 1 fully saturated rings. The van der Waals surface area contributed by atoms with Crippen molar-refractivity contribution in [1.29, 1.82) is 0 Å². The second-order valence-corrected chi connectivity index (χ2v) is 9.83. The zero-order valence-corrected chi connectivity index (χ0v) is 17.0. The molecule has 1 aliphatic heterocycles. The van der Waals surface area contributed by atoms with Crippen LogP contribution in [0.15, 0.2) is 40.1 Å². The lowest BCUT2D eigenvalue weighted by Gasteiger charge is -2.20. The summed E-state index contributed by atoms with van der Waals surface area (Å²) in [7, 11) is 0. The molecule has 0 unspecified atom stereocenters. The summed E-state index contributed by atoms with van der Waals surface area (Å²) in [6.45, 7) is 4.39. The first-order valence-electron chi connectivity index (χ1n) is 7.61. The molecule has 0 bridgehead atoms. The average Bonchev–Trinajstić information content (AvgIpc) is 2.76. The average molecular weight is 416 g/mol. The number of nitrogens with zero attached hydrogens (tertiary/aromatic N) is 1. The normalized spacial score (nSPS) is 16.8. The van der Waals surface area contributed by atoms with Crippen molar-refractivity contribution in [1.82, 2.24) is 4.90 Å². The van der Waals surface area contributed by atoms with Gasteiger partial charge >= 0.3 is 5.97 Å². The minimum absolute atomic E-state index is 0.0218. The molecule has 2 rings (SSSR count). The molecule has 134 valence electrons. The molecule has 1 heterocycles. The first kappa shape index (κ1) is 20.3. The lowest BCUT2D eigenvalue weighted by molar-refractivity contribution is -0.137. The van der Waals surface area contributed by atoms with Gasteiger partial charge in [-0.2, -0.15) is 0 Å². The van der Waals surface area contributed by atoms with E-state index in [1.165, 1.54) is 16.7 Å². The molecule has 1 saturated heterocycles. The first-order chi connectivity index (χ1) is 11.7. The van der Waals surface area contributed by atoms with E-state index in [0.29, 0.717) is 27.2 Å². The van der Waals surface area contributed by atoms with Crippen LogP contribution < -0.4 is 0 Å². The summed E-state index contributed by atoms with van der Waals surface area (Å²) in [6, 6.07) is 7.56. The highest BCUT2D eigenvalue weighted by molar-refractivity contribution is 8.26. The van der Waals surface area contributed by atoms with Gasteiger partial charge in [-0.05, 0) is 50.6 Å². The molecule has 0 aliphatic carbocycles. The smallest absolute Gasteiger partial charge is 0.303 e. The number of hydrogen-bond acceptors (Lipinski definition) is 5. The van der Waals surface area contributed by atoms with Crippen LogP contribution in [-0.2, 0) is 9.59 Å². The van der Waals surface area contributed by atoms with Crippen LogP contribution in [0.5, 0.6) is 0 Å². The first-order valence-corrected chi connectivity index (χ1v) is 10.0. The standard InChI is InChI=1S/C17H18ClNO3S3/c1-17(2,25-12-7-5-11(18)6-8-12)10-13-15(22)19(16(23)24-13)9-3-4-14(20)21/h5-8,10H,3-4,9H2,1-2H3,(H,20,21)/b13-10-. The third-order valence-corrected chi connectivity index (χ3v) is 6.10. The number of carbonyl (C=O) groups is 2. The highest BCUT2D eigenvalue weighted by atomic mass is 35.5. The predicted molar refractivity (Wildman–Crippen MR) is 108 cm³/mol. The molecule has 0 saturated carbocycles. The molecule has 1 amide bonds. The van der Waals surface area contributed by atoms with E-state index in [1.807, 2.05) is 44.2 Å². The SMILES string of the molecule is CC(C)(/C=C1\SC(=S)N(CCCC(=O)O)C1=O)Sc1ccc(Cl)cc1. The fraction of sp³-hybridized carbons (Fsp3) is 0.353. The topological polar surface area (TPSA) is 57.6 Å². The molecule has 1 aromatic carbocycles. The van der Waals surface area contributed by atoms with Crippen molar-refractivity contribution in [2.75, 3.05) is 6.54 Å². The molecule has 1 aromatic rings. The van der Waals surface area contributed by atoms with Crippen molar-refractivity contribution in [3.05, 3.63) is 40.3 Å². The zero-order valence-electron chi connectivity index (χ0n) is 13.8. The van der Waals surface area contributed by atoms with Crippen molar-refractivity contribution >= 4 is 63.5 Å². The second kappa shape index (κ2) is 8.58. The van der Waals surface area contributed by atoms with E-state index in [1.54, 1.807) is 11.8 Å². The van der Waals surface area contributed by atoms with Gasteiger partial charge in [-0.3, -0.25) is 14.5 Å². The molecule has 4 nitrogen and oxygen atoms in total. The van der Waals surface area contributed by atoms with Gasteiger partial charge in [0.05, 0.1) is 4.91 Å². The Bertz CT molecular complexity index is 716. The number of halogens is 1. The molecular weight excluding hydrogens is 398 g/mol. The number of carbonyl (C=O) groups excluding carboxylic acids is 1. The summed E-state index contributed by atoms with van der Waals surface area (Å²) < 4.78 is 0.173. The predicted octanol–water partition coefficient (Wildman–Crippen LogP) is 4.82. The molecule has 0 aromatic heterocycles. The molecule has 0 radical (unpaired) electrons. The Hall–Kier alpha value is -1.02. The Morgan fingerprint density at radius 1 is 1.40 bits per heavy atom. The minimum atomic E-state index is -0.874. The second-order valence-electron chi connectivity index (χ2n) is 5.99. The third kappa shape index (κ3) is 6.02. The summed E-state index contributed by atoms with van der Waals surface area (Å²) >= 11 is 14.1. The zero-order chi connectivity index (χ0) is 18.6. The number of benzene rings is 1. The molecule has 1 N–H and O–H groups in total. The van der Waals surface area contributed by atoms with Gasteiger partial charge in [-0.15, -0.1) is 11.8 Å². The van der Waals surface area contributed by atoms with Crippen molar-refractivity contribution in [2.24, 2.45) is 0 Å². The fourth-order valence-electron chi connectivity index (χ4n) is 2.23. The van der Waals surface area contributed by atoms with Gasteiger partial charge in [0.15, 0.2) is 0 Å². The summed E-state index contributed by atoms with van der Waals surface area (Å²) in [6.07, 6.45) is 2.33. The quantitative estimate of drug-likeness (QED) is 0.391. The van der Waals surface area contributed by atoms with Gasteiger partial charge in [0.1, 0.15) is 4.32 Å². The minimum Gasteiger partial charge on any atom is -0.481 e. The Morgan fingerprint density at radius 2 is 2.04 bits per heavy atom. The maximum atomic E-state index is 12.5. The van der Waals surface area contributed by atoms with Crippen molar-refractivity contribution in [3.8, 4) is 0 Å². The Kier molecular flexibility index (Phi) is 6.96. The van der Waals surface area contributed by atoms with E-state index in [4.69, 9.17) is 28.9 Å². The molecule has 1 aliphatic rings. The summed E-state index contributed by atoms with van der Waals surface area (Å²) in [5, 5.41) is 9.40. The van der Waals surface area contributed by atoms with Crippen LogP contribution >= 0.6 is 47.3 Å². The highest BCUT2D eigenvalue weighted by Crippen LogP contribution is 2.39. The number of aliphatic carboxylic acids is 1. The summed E-state index contributed by atoms with van der Waals surface area (Å²) in [4.78, 5) is 26.3. The van der Waals surface area contributed by atoms with E-state index in [2.05, 4.69) is 0 Å². The fourth-order valence-corrected chi connectivity index (χ4v) is 4.96. The van der Waals surface area contributed by atoms with Gasteiger partial charge in [0.2, 0.25) is 0 Å². The van der Waals surface area contributed by atoms with Crippen LogP contribution in [0.2, 0.25) is 5.02 Å². The van der Waals surface area contributed by atoms with Gasteiger partial charge in [0.25, 0.3) is 5.91 Å². The van der Waals surface area contributed by atoms with Crippen LogP contribution in [0.4, 0.5) is 0 Å². The summed E-state index contributed by atoms with van der Waals surface area (Å²) in [5.74, 6) is -1.02. The van der Waals surface area contributed by atoms with Crippen molar-refractivity contribution in [2.45, 2.75) is 36.3 Å². The third-order valence-electron chi connectivity index (χ3n) is 3.32. The van der Waals surface area contributed by atoms with Crippen molar-refractivity contribution < 1.29 is 14.7 Å². The number of thiocarbonyl (C=S) groups is 1. The van der Waals surface area contributed by atoms with Gasteiger partial charge in [-0.1, -0.05) is 35.6 Å². The van der Waals surface area contributed by atoms with Crippen LogP contribution in [0.3, 0.4) is 0 Å². The largest absolute Gasteiger partial charge is 0.481 e. The van der Waals surface area contributed by atoms with Gasteiger partial charge < -0.3 is 5.11 Å². The number of hydrogen-bond donors (Lipinski definition) is 1. The number of amides is 1. The molecular formula is C17H18ClNO3S3. The van der Waals surface area contributed by atoms with Crippen LogP contribution in [0.1, 0.15) is 26.7 Å². The Morgan fingerprint density at radius 3 is 2.64 bits per heavy atom. The number of carboxylic acids is 1. The number of rotatable bonds is 7. The summed E-state index contributed by atoms with van der Waals surface area (Å²) in [5.41, 5.74) is 0. The molecule has 0 spiro atoms. The Labute approximate surface area is 166 Å². The maximum Gasteiger partial charge on any atom is 0.303 e. The van der Waals surface area contributed by atoms with E-state index >= 15 is 0 Å². The molecule has 0 atom stereocenters. The van der Waals surface area contributed by atoms with E-state index in [0.717, 1.165) is 4.90 Å². The van der Waals surface area contributed by atoms with E-state index in [-0.39, 0.29) is 17.1 Å². The molecule has 25 heavy (non-hydrogen) atoms. The van der Waals surface area contributed by atoms with E-state index in [9.17, 15) is 9.59 Å². The number of thioether (sulfide) groups is 2. The van der Waals surface area contributed by atoms with Crippen LogP contribution in [0, 0.1) is 0 Å². The lowest BCUT2D eigenvalue weighted by atomic mass is 10.2. The van der Waals surface area contributed by atoms with Crippen molar-refractivity contribution in [3.63, 3.8) is 0 Å². The van der Waals surface area contributed by atoms with E-state index < -0.39 is 5.97 Å². The lowest BCUT2D eigenvalue weighted by Crippen LogP contribution is -2.29. The Balaban J connectivity index is 2.06. The number of carboxylic acid groups (broad SMARTS) is 1. The van der Waals surface area contributed by atoms with Crippen LogP contribution in [-0.4, -0.2) is 37.5 Å².